The highest BCUT2D eigenvalue weighted by Crippen LogP contribution is 2.22. The van der Waals surface area contributed by atoms with Gasteiger partial charge in [-0.2, -0.15) is 0 Å². The summed E-state index contributed by atoms with van der Waals surface area (Å²) in [6, 6.07) is 23.5. The lowest BCUT2D eigenvalue weighted by atomic mass is 10.0. The van der Waals surface area contributed by atoms with E-state index in [4.69, 9.17) is 4.74 Å². The molecule has 3 rings (SSSR count). The Balaban J connectivity index is 1.64. The highest BCUT2D eigenvalue weighted by Gasteiger charge is 2.18. The number of carbonyl (C=O) groups excluding carboxylic acids is 1. The van der Waals surface area contributed by atoms with Gasteiger partial charge in [0.2, 0.25) is 10.0 Å². The summed E-state index contributed by atoms with van der Waals surface area (Å²) in [7, 11) is -2.17. The Labute approximate surface area is 189 Å². The van der Waals surface area contributed by atoms with Crippen molar-refractivity contribution >= 4 is 15.9 Å². The Hall–Kier alpha value is -3.00. The third kappa shape index (κ3) is 6.03. The SMILES string of the molecule is COC[C@H](C)NS(=O)(=O)c1ccc(C(=O)N[C@@H](C)c2ccc(-c3ccccc3)cc2)cc1. The third-order valence-corrected chi connectivity index (χ3v) is 6.67. The highest BCUT2D eigenvalue weighted by atomic mass is 32.2. The van der Waals surface area contributed by atoms with Crippen molar-refractivity contribution in [2.45, 2.75) is 30.8 Å². The molecule has 0 aliphatic heterocycles. The zero-order chi connectivity index (χ0) is 23.1. The van der Waals surface area contributed by atoms with Gasteiger partial charge in [0, 0.05) is 18.7 Å². The molecule has 3 aromatic rings. The third-order valence-electron chi connectivity index (χ3n) is 5.07. The number of rotatable bonds is 9. The predicted octanol–water partition coefficient (Wildman–Crippen LogP) is 4.16. The van der Waals surface area contributed by atoms with Crippen LogP contribution in [0.5, 0.6) is 0 Å². The molecule has 2 N–H and O–H groups in total. The van der Waals surface area contributed by atoms with Crippen LogP contribution >= 0.6 is 0 Å². The molecular weight excluding hydrogens is 424 g/mol. The van der Waals surface area contributed by atoms with Crippen LogP contribution in [0, 0.1) is 0 Å². The van der Waals surface area contributed by atoms with Gasteiger partial charge in [0.05, 0.1) is 17.5 Å². The van der Waals surface area contributed by atoms with Crippen LogP contribution < -0.4 is 10.0 Å². The van der Waals surface area contributed by atoms with Gasteiger partial charge in [0.15, 0.2) is 0 Å². The van der Waals surface area contributed by atoms with Gasteiger partial charge in [-0.3, -0.25) is 4.79 Å². The molecule has 0 heterocycles. The molecule has 0 radical (unpaired) electrons. The lowest BCUT2D eigenvalue weighted by Crippen LogP contribution is -2.35. The molecule has 0 fully saturated rings. The van der Waals surface area contributed by atoms with Gasteiger partial charge in [-0.15, -0.1) is 0 Å². The first-order valence-corrected chi connectivity index (χ1v) is 11.9. The van der Waals surface area contributed by atoms with Crippen LogP contribution in [-0.2, 0) is 14.8 Å². The van der Waals surface area contributed by atoms with Gasteiger partial charge in [0.1, 0.15) is 0 Å². The normalized spacial score (nSPS) is 13.3. The van der Waals surface area contributed by atoms with Crippen molar-refractivity contribution in [3.8, 4) is 11.1 Å². The Morgan fingerprint density at radius 1 is 0.875 bits per heavy atom. The van der Waals surface area contributed by atoms with Crippen LogP contribution in [-0.4, -0.2) is 34.1 Å². The maximum Gasteiger partial charge on any atom is 0.251 e. The molecule has 32 heavy (non-hydrogen) atoms. The Kier molecular flexibility index (Phi) is 7.80. The first kappa shape index (κ1) is 23.7. The van der Waals surface area contributed by atoms with E-state index in [0.29, 0.717) is 5.56 Å². The number of amides is 1. The Morgan fingerprint density at radius 3 is 2.06 bits per heavy atom. The summed E-state index contributed by atoms with van der Waals surface area (Å²) in [6.07, 6.45) is 0. The van der Waals surface area contributed by atoms with Gasteiger partial charge >= 0.3 is 0 Å². The second-order valence-electron chi connectivity index (χ2n) is 7.69. The molecule has 0 aliphatic rings. The number of nitrogens with one attached hydrogen (secondary N) is 2. The summed E-state index contributed by atoms with van der Waals surface area (Å²) in [5, 5.41) is 2.96. The molecule has 168 valence electrons. The molecule has 0 aliphatic carbocycles. The predicted molar refractivity (Wildman–Crippen MR) is 126 cm³/mol. The van der Waals surface area contributed by atoms with E-state index < -0.39 is 10.0 Å². The van der Waals surface area contributed by atoms with Crippen molar-refractivity contribution in [2.24, 2.45) is 0 Å². The maximum absolute atomic E-state index is 12.6. The van der Waals surface area contributed by atoms with E-state index in [1.807, 2.05) is 49.4 Å². The number of hydrogen-bond acceptors (Lipinski definition) is 4. The van der Waals surface area contributed by atoms with E-state index in [1.165, 1.54) is 31.4 Å². The maximum atomic E-state index is 12.6. The zero-order valence-corrected chi connectivity index (χ0v) is 19.2. The van der Waals surface area contributed by atoms with Gasteiger partial charge in [-0.05, 0) is 54.8 Å². The lowest BCUT2D eigenvalue weighted by molar-refractivity contribution is 0.0940. The molecule has 2 atom stereocenters. The Morgan fingerprint density at radius 2 is 1.47 bits per heavy atom. The second kappa shape index (κ2) is 10.5. The van der Waals surface area contributed by atoms with Crippen LogP contribution in [0.3, 0.4) is 0 Å². The smallest absolute Gasteiger partial charge is 0.251 e. The fraction of sp³-hybridized carbons (Fsp3) is 0.240. The van der Waals surface area contributed by atoms with E-state index in [2.05, 4.69) is 22.2 Å². The average Bonchev–Trinajstić information content (AvgIpc) is 2.79. The summed E-state index contributed by atoms with van der Waals surface area (Å²) in [5.41, 5.74) is 3.62. The number of hydrogen-bond donors (Lipinski definition) is 2. The van der Waals surface area contributed by atoms with Crippen LogP contribution in [0.1, 0.15) is 35.8 Å². The van der Waals surface area contributed by atoms with E-state index in [-0.39, 0.29) is 29.5 Å². The number of ether oxygens (including phenoxy) is 1. The first-order chi connectivity index (χ1) is 15.3. The minimum absolute atomic E-state index is 0.0987. The summed E-state index contributed by atoms with van der Waals surface area (Å²) in [5.74, 6) is -0.269. The zero-order valence-electron chi connectivity index (χ0n) is 18.4. The molecule has 0 saturated carbocycles. The summed E-state index contributed by atoms with van der Waals surface area (Å²) < 4.78 is 32.3. The summed E-state index contributed by atoms with van der Waals surface area (Å²) in [4.78, 5) is 12.7. The van der Waals surface area contributed by atoms with Crippen LogP contribution in [0.15, 0.2) is 83.8 Å². The van der Waals surface area contributed by atoms with E-state index >= 15 is 0 Å². The monoisotopic (exact) mass is 452 g/mol. The largest absolute Gasteiger partial charge is 0.383 e. The number of carbonyl (C=O) groups is 1. The number of methoxy groups -OCH3 is 1. The lowest BCUT2D eigenvalue weighted by Gasteiger charge is -2.16. The van der Waals surface area contributed by atoms with Gasteiger partial charge in [0.25, 0.3) is 5.91 Å². The molecule has 1 amide bonds. The number of sulfonamides is 1. The molecule has 0 spiro atoms. The molecule has 0 aromatic heterocycles. The Bertz CT molecular complexity index is 1130. The topological polar surface area (TPSA) is 84.5 Å². The molecule has 0 saturated heterocycles. The van der Waals surface area contributed by atoms with Crippen molar-refractivity contribution in [1.29, 1.82) is 0 Å². The van der Waals surface area contributed by atoms with Gasteiger partial charge in [-0.1, -0.05) is 54.6 Å². The minimum atomic E-state index is -3.68. The molecule has 3 aromatic carbocycles. The first-order valence-electron chi connectivity index (χ1n) is 10.4. The molecule has 7 heteroatoms. The van der Waals surface area contributed by atoms with Crippen molar-refractivity contribution in [2.75, 3.05) is 13.7 Å². The fourth-order valence-electron chi connectivity index (χ4n) is 3.36. The minimum Gasteiger partial charge on any atom is -0.383 e. The van der Waals surface area contributed by atoms with Crippen LogP contribution in [0.4, 0.5) is 0 Å². The standard InChI is InChI=1S/C25H28N2O4S/c1-18(17-31-3)27-32(29,30)24-15-13-23(14-16-24)25(28)26-19(2)20-9-11-22(12-10-20)21-7-5-4-6-8-21/h4-16,18-19,27H,17H2,1-3H3,(H,26,28)/t18-,19-/m0/s1. The van der Waals surface area contributed by atoms with E-state index in [1.54, 1.807) is 6.92 Å². The molecular formula is C25H28N2O4S. The van der Waals surface area contributed by atoms with Crippen LogP contribution in [0.25, 0.3) is 11.1 Å². The van der Waals surface area contributed by atoms with E-state index in [0.717, 1.165) is 16.7 Å². The van der Waals surface area contributed by atoms with Crippen molar-refractivity contribution in [3.63, 3.8) is 0 Å². The molecule has 6 nitrogen and oxygen atoms in total. The second-order valence-corrected chi connectivity index (χ2v) is 9.40. The van der Waals surface area contributed by atoms with Gasteiger partial charge < -0.3 is 10.1 Å². The summed E-state index contributed by atoms with van der Waals surface area (Å²) in [6.45, 7) is 3.90. The average molecular weight is 453 g/mol. The van der Waals surface area contributed by atoms with Crippen molar-refractivity contribution < 1.29 is 17.9 Å². The van der Waals surface area contributed by atoms with Crippen molar-refractivity contribution in [1.82, 2.24) is 10.0 Å². The molecule has 0 unspecified atom stereocenters. The van der Waals surface area contributed by atoms with E-state index in [9.17, 15) is 13.2 Å². The van der Waals surface area contributed by atoms with Crippen molar-refractivity contribution in [3.05, 3.63) is 90.0 Å². The van der Waals surface area contributed by atoms with Gasteiger partial charge in [-0.25, -0.2) is 13.1 Å². The summed E-state index contributed by atoms with van der Waals surface area (Å²) >= 11 is 0. The number of benzene rings is 3. The quantitative estimate of drug-likeness (QED) is 0.511. The van der Waals surface area contributed by atoms with Crippen LogP contribution in [0.2, 0.25) is 0 Å². The molecule has 0 bridgehead atoms. The highest BCUT2D eigenvalue weighted by molar-refractivity contribution is 7.89. The fourth-order valence-corrected chi connectivity index (χ4v) is 4.59.